The number of fused-ring (bicyclic) bond motifs is 2. The zero-order valence-corrected chi connectivity index (χ0v) is 24.9. The van der Waals surface area contributed by atoms with Crippen molar-refractivity contribution in [2.45, 2.75) is 21.2 Å². The van der Waals surface area contributed by atoms with Crippen LogP contribution in [0.3, 0.4) is 0 Å². The first-order chi connectivity index (χ1) is 16.2. The molecule has 3 heteroatoms. The Morgan fingerprint density at radius 3 is 1.29 bits per heavy atom. The van der Waals surface area contributed by atoms with Crippen LogP contribution in [0.25, 0.3) is 34.4 Å². The Morgan fingerprint density at radius 1 is 0.486 bits per heavy atom. The van der Waals surface area contributed by atoms with Gasteiger partial charge in [0.1, 0.15) is 0 Å². The van der Waals surface area contributed by atoms with Crippen molar-refractivity contribution < 1.29 is 47.7 Å². The summed E-state index contributed by atoms with van der Waals surface area (Å²) in [4.78, 5) is 0. The molecule has 0 saturated carbocycles. The molecule has 4 aromatic rings. The molecule has 0 bridgehead atoms. The van der Waals surface area contributed by atoms with Gasteiger partial charge in [0.2, 0.25) is 0 Å². The molecule has 172 valence electrons. The summed E-state index contributed by atoms with van der Waals surface area (Å²) in [5.74, 6) is 0. The summed E-state index contributed by atoms with van der Waals surface area (Å²) in [5.41, 5.74) is 14.4. The first kappa shape index (κ1) is 25.9. The smallest absolute Gasteiger partial charge is 1.00 e. The SMILES string of the molecule is CC1=Cc2cc(-c3ccccc3)ccc2[CH]1[Hf+2][CH]1C(C)=Cc2cc(-c3ccccc3)ccc21.[Cl-].[Cl-]. The predicted molar refractivity (Wildman–Crippen MR) is 137 cm³/mol. The fraction of sp³-hybridized carbons (Fsp3) is 0.125. The third kappa shape index (κ3) is 4.92. The molecule has 0 spiro atoms. The van der Waals surface area contributed by atoms with Gasteiger partial charge in [-0.05, 0) is 0 Å². The molecule has 0 radical (unpaired) electrons. The molecule has 0 heterocycles. The van der Waals surface area contributed by atoms with Crippen LogP contribution >= 0.6 is 0 Å². The van der Waals surface area contributed by atoms with Crippen molar-refractivity contribution in [1.82, 2.24) is 0 Å². The first-order valence-electron chi connectivity index (χ1n) is 11.7. The van der Waals surface area contributed by atoms with E-state index in [1.807, 2.05) is 0 Å². The summed E-state index contributed by atoms with van der Waals surface area (Å²) < 4.78 is 1.36. The van der Waals surface area contributed by atoms with Gasteiger partial charge in [0.05, 0.1) is 0 Å². The van der Waals surface area contributed by atoms with Gasteiger partial charge in [-0.2, -0.15) is 0 Å². The van der Waals surface area contributed by atoms with E-state index in [1.165, 1.54) is 33.4 Å². The van der Waals surface area contributed by atoms with E-state index in [2.05, 4.69) is 123 Å². The van der Waals surface area contributed by atoms with Gasteiger partial charge in [0.25, 0.3) is 0 Å². The van der Waals surface area contributed by atoms with E-state index in [0.717, 1.165) is 0 Å². The van der Waals surface area contributed by atoms with Crippen LogP contribution in [0.2, 0.25) is 0 Å². The average molecular weight is 660 g/mol. The second kappa shape index (κ2) is 10.8. The summed E-state index contributed by atoms with van der Waals surface area (Å²) in [6.45, 7) is 4.71. The number of halogens is 2. The van der Waals surface area contributed by atoms with Gasteiger partial charge < -0.3 is 24.8 Å². The van der Waals surface area contributed by atoms with Crippen LogP contribution in [0.4, 0.5) is 0 Å². The molecule has 2 atom stereocenters. The maximum Gasteiger partial charge on any atom is -1.00 e. The van der Waals surface area contributed by atoms with Crippen molar-refractivity contribution in [3.63, 3.8) is 0 Å². The van der Waals surface area contributed by atoms with E-state index >= 15 is 0 Å². The van der Waals surface area contributed by atoms with Crippen molar-refractivity contribution in [2.24, 2.45) is 0 Å². The Bertz CT molecular complexity index is 1300. The van der Waals surface area contributed by atoms with Crippen LogP contribution in [-0.2, 0) is 22.9 Å². The molecule has 0 aliphatic heterocycles. The summed E-state index contributed by atoms with van der Waals surface area (Å²) in [6.07, 6.45) is 4.90. The second-order valence-corrected chi connectivity index (χ2v) is 14.6. The number of benzene rings is 4. The fourth-order valence-electron chi connectivity index (χ4n) is 5.30. The van der Waals surface area contributed by atoms with E-state index < -0.39 is 22.9 Å². The minimum atomic E-state index is -1.06. The quantitative estimate of drug-likeness (QED) is 0.296. The van der Waals surface area contributed by atoms with Gasteiger partial charge in [-0.3, -0.25) is 0 Å². The van der Waals surface area contributed by atoms with Crippen LogP contribution in [0.15, 0.2) is 108 Å². The minimum Gasteiger partial charge on any atom is -1.00 e. The zero-order chi connectivity index (χ0) is 22.4. The van der Waals surface area contributed by atoms with E-state index in [-0.39, 0.29) is 24.8 Å². The Balaban J connectivity index is 0.00000144. The third-order valence-corrected chi connectivity index (χ3v) is 14.9. The third-order valence-electron chi connectivity index (χ3n) is 7.02. The molecule has 0 N–H and O–H groups in total. The van der Waals surface area contributed by atoms with Crippen LogP contribution in [-0.4, -0.2) is 0 Å². The van der Waals surface area contributed by atoms with Crippen molar-refractivity contribution >= 4 is 12.2 Å². The summed E-state index contributed by atoms with van der Waals surface area (Å²) in [5, 5.41) is 0. The van der Waals surface area contributed by atoms with Gasteiger partial charge in [-0.25, -0.2) is 0 Å². The van der Waals surface area contributed by atoms with Gasteiger partial charge in [-0.15, -0.1) is 0 Å². The molecular formula is C32H26Cl2Hf. The Hall–Kier alpha value is -2.19. The number of hydrogen-bond donors (Lipinski definition) is 0. The molecule has 0 amide bonds. The van der Waals surface area contributed by atoms with Crippen LogP contribution in [0.5, 0.6) is 0 Å². The van der Waals surface area contributed by atoms with Crippen LogP contribution < -0.4 is 24.8 Å². The molecule has 2 aliphatic rings. The zero-order valence-electron chi connectivity index (χ0n) is 19.8. The summed E-state index contributed by atoms with van der Waals surface area (Å²) >= 11 is -1.06. The van der Waals surface area contributed by atoms with Crippen molar-refractivity contribution in [3.05, 3.63) is 130 Å². The van der Waals surface area contributed by atoms with E-state index in [9.17, 15) is 0 Å². The molecular weight excluding hydrogens is 634 g/mol. The van der Waals surface area contributed by atoms with E-state index in [1.54, 1.807) is 22.3 Å². The van der Waals surface area contributed by atoms with Gasteiger partial charge in [-0.1, -0.05) is 0 Å². The molecule has 2 aliphatic carbocycles. The van der Waals surface area contributed by atoms with E-state index in [4.69, 9.17) is 0 Å². The molecule has 35 heavy (non-hydrogen) atoms. The maximum absolute atomic E-state index is 2.45. The molecule has 0 fully saturated rings. The van der Waals surface area contributed by atoms with Gasteiger partial charge >= 0.3 is 209 Å². The second-order valence-electron chi connectivity index (χ2n) is 9.23. The largest absolute Gasteiger partial charge is 1.00 e. The normalized spacial score (nSPS) is 17.2. The van der Waals surface area contributed by atoms with Crippen molar-refractivity contribution in [1.29, 1.82) is 0 Å². The number of allylic oxidation sites excluding steroid dienone is 2. The molecule has 2 unspecified atom stereocenters. The fourth-order valence-corrected chi connectivity index (χ4v) is 12.2. The molecule has 0 aromatic heterocycles. The summed E-state index contributed by atoms with van der Waals surface area (Å²) in [7, 11) is 0. The number of hydrogen-bond acceptors (Lipinski definition) is 0. The molecule has 0 saturated heterocycles. The standard InChI is InChI=1S/2C16H13.2ClH.Hf/c2*1-12-9-14-7-8-15(11-16(14)10-12)13-5-3-2-4-6-13;;;/h2*2-11H,1H3;2*1H;/q;;;;+2/p-2. The maximum atomic E-state index is 2.45. The monoisotopic (exact) mass is 660 g/mol. The average Bonchev–Trinajstić information content (AvgIpc) is 3.34. The minimum absolute atomic E-state index is 0. The van der Waals surface area contributed by atoms with Gasteiger partial charge in [0, 0.05) is 0 Å². The van der Waals surface area contributed by atoms with Gasteiger partial charge in [0.15, 0.2) is 0 Å². The Kier molecular flexibility index (Phi) is 8.01. The Morgan fingerprint density at radius 2 is 0.886 bits per heavy atom. The molecule has 4 aromatic carbocycles. The first-order valence-corrected chi connectivity index (χ1v) is 15.8. The number of rotatable bonds is 4. The van der Waals surface area contributed by atoms with E-state index in [0.29, 0.717) is 7.35 Å². The topological polar surface area (TPSA) is 0 Å². The van der Waals surface area contributed by atoms with Crippen LogP contribution in [0.1, 0.15) is 43.5 Å². The summed E-state index contributed by atoms with van der Waals surface area (Å²) in [6, 6.07) is 35.8. The molecule has 0 nitrogen and oxygen atoms in total. The molecule has 6 rings (SSSR count). The van der Waals surface area contributed by atoms with Crippen LogP contribution in [0, 0.1) is 0 Å². The van der Waals surface area contributed by atoms with Crippen molar-refractivity contribution in [2.75, 3.05) is 0 Å². The van der Waals surface area contributed by atoms with Crippen molar-refractivity contribution in [3.8, 4) is 22.3 Å². The Labute approximate surface area is 232 Å². The predicted octanol–water partition coefficient (Wildman–Crippen LogP) is 2.73.